The number of quaternary nitrogens is 2. The van der Waals surface area contributed by atoms with Crippen molar-refractivity contribution in [2.75, 3.05) is 33.7 Å². The minimum absolute atomic E-state index is 0.0867. The number of carboxylic acid groups (broad SMARTS) is 1. The van der Waals surface area contributed by atoms with E-state index in [9.17, 15) is 9.90 Å². The monoisotopic (exact) mass is 410 g/mol. The highest BCUT2D eigenvalue weighted by molar-refractivity contribution is 5.67. The lowest BCUT2D eigenvalue weighted by molar-refractivity contribution is -0.919. The van der Waals surface area contributed by atoms with Crippen LogP contribution in [0.1, 0.15) is 51.4 Å². The van der Waals surface area contributed by atoms with Crippen LogP contribution in [0, 0.1) is 17.8 Å². The van der Waals surface area contributed by atoms with Crippen LogP contribution >= 0.6 is 0 Å². The molecule has 6 atom stereocenters. The van der Waals surface area contributed by atoms with E-state index >= 15 is 0 Å². The lowest BCUT2D eigenvalue weighted by Gasteiger charge is -2.34. The zero-order chi connectivity index (χ0) is 20.4. The third-order valence-electron chi connectivity index (χ3n) is 7.98. The highest BCUT2D eigenvalue weighted by Crippen LogP contribution is 2.28. The van der Waals surface area contributed by atoms with Gasteiger partial charge in [-0.15, -0.1) is 0 Å². The highest BCUT2D eigenvalue weighted by Gasteiger charge is 2.44. The van der Waals surface area contributed by atoms with Crippen LogP contribution in [0.2, 0.25) is 0 Å². The van der Waals surface area contributed by atoms with Crippen molar-refractivity contribution < 1.29 is 25.0 Å². The Bertz CT molecular complexity index is 546. The first kappa shape index (κ1) is 21.5. The van der Waals surface area contributed by atoms with Gasteiger partial charge in [0.15, 0.2) is 6.23 Å². The number of nitrogens with zero attached hydrogens (tertiary/aromatic N) is 1. The van der Waals surface area contributed by atoms with Crippen LogP contribution in [0.4, 0.5) is 0 Å². The van der Waals surface area contributed by atoms with Crippen molar-refractivity contribution in [2.24, 2.45) is 17.8 Å². The number of carboxylic acids is 1. The molecule has 3 aliphatic heterocycles. The summed E-state index contributed by atoms with van der Waals surface area (Å²) in [5.74, 6) is 0.162. The second-order valence-electron chi connectivity index (χ2n) is 10.0. The number of piperidine rings is 1. The van der Waals surface area contributed by atoms with Crippen molar-refractivity contribution in [1.82, 2.24) is 15.7 Å². The van der Waals surface area contributed by atoms with Gasteiger partial charge in [-0.1, -0.05) is 0 Å². The zero-order valence-electron chi connectivity index (χ0n) is 18.1. The maximum atomic E-state index is 11.1. The Morgan fingerprint density at radius 2 is 1.97 bits per heavy atom. The summed E-state index contributed by atoms with van der Waals surface area (Å²) in [7, 11) is 4.32. The Labute approximate surface area is 174 Å². The fraction of sp³-hybridized carbons (Fsp3) is 0.952. The Hall–Kier alpha value is -0.770. The van der Waals surface area contributed by atoms with Gasteiger partial charge in [0, 0.05) is 37.1 Å². The molecular weight excluding hydrogens is 370 g/mol. The van der Waals surface area contributed by atoms with Gasteiger partial charge >= 0.3 is 0 Å². The standard InChI is InChI=1S/C21H39N5O3/c1-25(2)18-10-9-16(12-22-18)19-23-20(29-24-19)17-4-3-11-26(17)13-14-5-7-15(8-6-14)21(27)28/h14-20,22-24H,3-13H2,1-2H3,(H,27,28)/p+1/t14?,15?,16?,17-,18?,19?,20?/m1/s1. The minimum atomic E-state index is -0.854. The molecule has 4 aliphatic rings. The highest BCUT2D eigenvalue weighted by atomic mass is 16.7. The molecule has 5 unspecified atom stereocenters. The predicted octanol–water partition coefficient (Wildman–Crippen LogP) is -2.77. The second kappa shape index (κ2) is 9.58. The minimum Gasteiger partial charge on any atom is -0.550 e. The van der Waals surface area contributed by atoms with E-state index in [1.165, 1.54) is 32.2 Å². The summed E-state index contributed by atoms with van der Waals surface area (Å²) in [4.78, 5) is 21.1. The number of hydrogen-bond acceptors (Lipinski definition) is 6. The van der Waals surface area contributed by atoms with E-state index in [1.807, 2.05) is 0 Å². The van der Waals surface area contributed by atoms with Crippen LogP contribution in [0.5, 0.6) is 0 Å². The molecule has 0 amide bonds. The van der Waals surface area contributed by atoms with Crippen LogP contribution in [-0.4, -0.2) is 69.2 Å². The van der Waals surface area contributed by atoms with Crippen LogP contribution in [0.15, 0.2) is 0 Å². The molecule has 4 rings (SSSR count). The molecule has 3 saturated heterocycles. The molecule has 0 aromatic rings. The van der Waals surface area contributed by atoms with Gasteiger partial charge in [0.05, 0.1) is 25.8 Å². The van der Waals surface area contributed by atoms with Gasteiger partial charge in [-0.05, 0) is 52.1 Å². The average molecular weight is 411 g/mol. The van der Waals surface area contributed by atoms with Crippen LogP contribution in [0.25, 0.3) is 0 Å². The van der Waals surface area contributed by atoms with E-state index in [2.05, 4.69) is 35.1 Å². The third-order valence-corrected chi connectivity index (χ3v) is 7.98. The number of nitrogens with one attached hydrogen (secondary N) is 3. The van der Waals surface area contributed by atoms with Crippen molar-refractivity contribution in [2.45, 2.75) is 76.0 Å². The Kier molecular flexibility index (Phi) is 7.09. The van der Waals surface area contributed by atoms with E-state index in [-0.39, 0.29) is 18.3 Å². The van der Waals surface area contributed by atoms with E-state index in [4.69, 9.17) is 4.84 Å². The maximum absolute atomic E-state index is 11.1. The number of hydrogen-bond donors (Lipinski definition) is 4. The Morgan fingerprint density at radius 3 is 2.62 bits per heavy atom. The molecule has 0 radical (unpaired) electrons. The average Bonchev–Trinajstić information content (AvgIpc) is 3.38. The summed E-state index contributed by atoms with van der Waals surface area (Å²) in [6.07, 6.45) is 9.48. The van der Waals surface area contributed by atoms with Crippen molar-refractivity contribution >= 4 is 5.97 Å². The summed E-state index contributed by atoms with van der Waals surface area (Å²) in [5.41, 5.74) is 3.31. The van der Waals surface area contributed by atoms with Crippen molar-refractivity contribution in [3.05, 3.63) is 0 Å². The molecule has 3 heterocycles. The van der Waals surface area contributed by atoms with Crippen molar-refractivity contribution in [3.8, 4) is 0 Å². The van der Waals surface area contributed by atoms with Crippen LogP contribution in [-0.2, 0) is 9.63 Å². The number of likely N-dealkylation sites (tertiary alicyclic amines) is 1. The Morgan fingerprint density at radius 1 is 1.17 bits per heavy atom. The summed E-state index contributed by atoms with van der Waals surface area (Å²) >= 11 is 0. The van der Waals surface area contributed by atoms with Crippen molar-refractivity contribution in [3.63, 3.8) is 0 Å². The summed E-state index contributed by atoms with van der Waals surface area (Å²) in [5, 5.41) is 17.3. The molecule has 5 N–H and O–H groups in total. The van der Waals surface area contributed by atoms with Crippen LogP contribution in [0.3, 0.4) is 0 Å². The van der Waals surface area contributed by atoms with Gasteiger partial charge in [-0.2, -0.15) is 5.48 Å². The molecule has 0 aromatic carbocycles. The lowest BCUT2D eigenvalue weighted by Crippen LogP contribution is -3.15. The van der Waals surface area contributed by atoms with Crippen LogP contribution < -0.4 is 26.1 Å². The van der Waals surface area contributed by atoms with E-state index in [0.29, 0.717) is 24.0 Å². The topological polar surface area (TPSA) is 97.7 Å². The molecule has 0 spiro atoms. The number of carbonyl (C=O) groups is 1. The molecule has 8 nitrogen and oxygen atoms in total. The molecule has 4 fully saturated rings. The normalized spacial score (nSPS) is 43.7. The first-order chi connectivity index (χ1) is 14.0. The van der Waals surface area contributed by atoms with Gasteiger partial charge in [0.25, 0.3) is 0 Å². The van der Waals surface area contributed by atoms with Gasteiger partial charge in [0.1, 0.15) is 12.2 Å². The molecule has 29 heavy (non-hydrogen) atoms. The lowest BCUT2D eigenvalue weighted by atomic mass is 9.82. The summed E-state index contributed by atoms with van der Waals surface area (Å²) in [6, 6.07) is 0.494. The summed E-state index contributed by atoms with van der Waals surface area (Å²) < 4.78 is 0. The SMILES string of the molecule is CN(C)C1CCC(C2NOC([C@H]3CCC[NH+]3CC3CCC(C(=O)[O-])CC3)N2)C[NH2+]1. The van der Waals surface area contributed by atoms with Gasteiger partial charge in [-0.25, -0.2) is 0 Å². The van der Waals surface area contributed by atoms with Gasteiger partial charge < -0.3 is 20.1 Å². The third kappa shape index (κ3) is 5.11. The molecule has 0 bridgehead atoms. The molecule has 8 heteroatoms. The quantitative estimate of drug-likeness (QED) is 0.379. The molecule has 1 saturated carbocycles. The maximum Gasteiger partial charge on any atom is 0.183 e. The number of hydroxylamine groups is 1. The van der Waals surface area contributed by atoms with Gasteiger partial charge in [0.2, 0.25) is 0 Å². The first-order valence-electron chi connectivity index (χ1n) is 11.7. The first-order valence-corrected chi connectivity index (χ1v) is 11.7. The second-order valence-corrected chi connectivity index (χ2v) is 10.0. The largest absolute Gasteiger partial charge is 0.550 e. The van der Waals surface area contributed by atoms with E-state index in [1.54, 1.807) is 4.90 Å². The molecule has 1 aliphatic carbocycles. The molecule has 0 aromatic heterocycles. The fourth-order valence-corrected chi connectivity index (χ4v) is 6.08. The number of nitrogens with two attached hydrogens (primary N) is 1. The van der Waals surface area contributed by atoms with E-state index < -0.39 is 5.97 Å². The number of carbonyl (C=O) groups excluding carboxylic acids is 1. The summed E-state index contributed by atoms with van der Waals surface area (Å²) in [6.45, 7) is 3.49. The Balaban J connectivity index is 1.24. The van der Waals surface area contributed by atoms with Gasteiger partial charge in [-0.3, -0.25) is 15.1 Å². The molecule has 166 valence electrons. The van der Waals surface area contributed by atoms with E-state index in [0.717, 1.165) is 38.8 Å². The van der Waals surface area contributed by atoms with Crippen molar-refractivity contribution in [1.29, 1.82) is 0 Å². The number of aliphatic carboxylic acids is 1. The molecular formula is C21H40N5O3+. The fourth-order valence-electron chi connectivity index (χ4n) is 6.08. The smallest absolute Gasteiger partial charge is 0.183 e. The predicted molar refractivity (Wildman–Crippen MR) is 106 cm³/mol. The number of rotatable bonds is 6. The zero-order valence-corrected chi connectivity index (χ0v) is 18.1.